The quantitative estimate of drug-likeness (QED) is 0.413. The zero-order valence-corrected chi connectivity index (χ0v) is 7.15. The molecule has 0 saturated carbocycles. The fourth-order valence-corrected chi connectivity index (χ4v) is 0.887. The minimum Gasteiger partial charge on any atom is -0.119 e. The molecule has 0 fully saturated rings. The van der Waals surface area contributed by atoms with Crippen molar-refractivity contribution in [2.75, 3.05) is 0 Å². The second-order valence-corrected chi connectivity index (χ2v) is 2.49. The first-order valence-corrected chi connectivity index (χ1v) is 3.90. The molecule has 0 heterocycles. The van der Waals surface area contributed by atoms with Gasteiger partial charge in [0, 0.05) is 5.92 Å². The minimum atomic E-state index is 0.301. The van der Waals surface area contributed by atoms with Crippen LogP contribution in [0, 0.1) is 18.3 Å². The van der Waals surface area contributed by atoms with Crippen LogP contribution in [0.2, 0.25) is 0 Å². The molecule has 0 aromatic heterocycles. The Labute approximate surface area is 64.3 Å². The number of hydrogen-bond donors (Lipinski definition) is 0. The Bertz CT molecular complexity index is 140. The van der Waals surface area contributed by atoms with Crippen LogP contribution in [0.1, 0.15) is 33.6 Å². The van der Waals surface area contributed by atoms with E-state index < -0.39 is 0 Å². The molecule has 0 nitrogen and oxygen atoms in total. The van der Waals surface area contributed by atoms with Crippen LogP contribution in [0.4, 0.5) is 0 Å². The van der Waals surface area contributed by atoms with Gasteiger partial charge < -0.3 is 0 Å². The van der Waals surface area contributed by atoms with E-state index in [1.165, 1.54) is 5.57 Å². The van der Waals surface area contributed by atoms with Gasteiger partial charge in [0.05, 0.1) is 0 Å². The van der Waals surface area contributed by atoms with E-state index >= 15 is 0 Å². The summed E-state index contributed by atoms with van der Waals surface area (Å²) in [7, 11) is 0. The van der Waals surface area contributed by atoms with Gasteiger partial charge in [-0.15, -0.1) is 6.42 Å². The van der Waals surface area contributed by atoms with Crippen molar-refractivity contribution < 1.29 is 0 Å². The summed E-state index contributed by atoms with van der Waals surface area (Å²) in [5, 5.41) is 0. The summed E-state index contributed by atoms with van der Waals surface area (Å²) in [6, 6.07) is 0. The number of hydrogen-bond acceptors (Lipinski definition) is 0. The molecule has 0 heteroatoms. The van der Waals surface area contributed by atoms with Gasteiger partial charge in [-0.1, -0.05) is 31.4 Å². The van der Waals surface area contributed by atoms with Crippen molar-refractivity contribution in [1.82, 2.24) is 0 Å². The van der Waals surface area contributed by atoms with E-state index in [-0.39, 0.29) is 0 Å². The summed E-state index contributed by atoms with van der Waals surface area (Å²) < 4.78 is 0. The van der Waals surface area contributed by atoms with Crippen LogP contribution in [-0.2, 0) is 0 Å². The predicted molar refractivity (Wildman–Crippen MR) is 46.7 cm³/mol. The zero-order valence-electron chi connectivity index (χ0n) is 7.15. The largest absolute Gasteiger partial charge is 0.119 e. The molecule has 0 bridgehead atoms. The lowest BCUT2D eigenvalue weighted by Gasteiger charge is -2.01. The van der Waals surface area contributed by atoms with Gasteiger partial charge in [-0.05, 0) is 19.8 Å². The molecule has 0 aliphatic heterocycles. The van der Waals surface area contributed by atoms with Gasteiger partial charge in [-0.3, -0.25) is 0 Å². The lowest BCUT2D eigenvalue weighted by molar-refractivity contribution is 0.897. The molecule has 0 aliphatic carbocycles. The number of allylic oxidation sites excluding steroid dienone is 2. The number of rotatable bonds is 3. The fourth-order valence-electron chi connectivity index (χ4n) is 0.887. The normalized spacial score (nSPS) is 11.8. The Morgan fingerprint density at radius 2 is 2.00 bits per heavy atom. The van der Waals surface area contributed by atoms with Crippen LogP contribution in [0.15, 0.2) is 11.6 Å². The standard InChI is InChI=1S/C10H16/c1-5-9(4)8-10(6-2)7-3/h1,8-9H,6-7H2,2-4H3. The summed E-state index contributed by atoms with van der Waals surface area (Å²) in [5.41, 5.74) is 1.46. The SMILES string of the molecule is C#CC(C)C=C(CC)CC. The molecule has 0 N–H and O–H groups in total. The molecular formula is C10H16. The van der Waals surface area contributed by atoms with Crippen molar-refractivity contribution in [2.45, 2.75) is 33.6 Å². The molecule has 0 amide bonds. The summed E-state index contributed by atoms with van der Waals surface area (Å²) in [6.07, 6.45) is 9.67. The van der Waals surface area contributed by atoms with E-state index in [2.05, 4.69) is 25.8 Å². The highest BCUT2D eigenvalue weighted by molar-refractivity contribution is 5.10. The lowest BCUT2D eigenvalue weighted by atomic mass is 10.0. The van der Waals surface area contributed by atoms with Gasteiger partial charge in [0.1, 0.15) is 0 Å². The van der Waals surface area contributed by atoms with Crippen LogP contribution in [0.5, 0.6) is 0 Å². The fraction of sp³-hybridized carbons (Fsp3) is 0.600. The van der Waals surface area contributed by atoms with E-state index in [4.69, 9.17) is 6.42 Å². The number of terminal acetylenes is 1. The molecule has 0 rings (SSSR count). The topological polar surface area (TPSA) is 0 Å². The molecule has 0 radical (unpaired) electrons. The molecular weight excluding hydrogens is 120 g/mol. The van der Waals surface area contributed by atoms with Gasteiger partial charge in [-0.25, -0.2) is 0 Å². The third kappa shape index (κ3) is 3.35. The Balaban J connectivity index is 3.99. The zero-order chi connectivity index (χ0) is 7.98. The van der Waals surface area contributed by atoms with Crippen molar-refractivity contribution in [2.24, 2.45) is 5.92 Å². The molecule has 56 valence electrons. The van der Waals surface area contributed by atoms with Gasteiger partial charge in [0.25, 0.3) is 0 Å². The van der Waals surface area contributed by atoms with E-state index in [1.807, 2.05) is 6.92 Å². The maximum absolute atomic E-state index is 5.24. The van der Waals surface area contributed by atoms with E-state index in [0.29, 0.717) is 5.92 Å². The van der Waals surface area contributed by atoms with Gasteiger partial charge in [0.15, 0.2) is 0 Å². The molecule has 0 spiro atoms. The van der Waals surface area contributed by atoms with Gasteiger partial charge in [-0.2, -0.15) is 0 Å². The Hall–Kier alpha value is -0.700. The first-order chi connectivity index (χ1) is 4.74. The molecule has 0 aromatic rings. The average Bonchev–Trinajstić information content (AvgIpc) is 1.99. The molecule has 0 aliphatic rings. The Kier molecular flexibility index (Phi) is 4.76. The van der Waals surface area contributed by atoms with Crippen molar-refractivity contribution in [3.63, 3.8) is 0 Å². The summed E-state index contributed by atoms with van der Waals surface area (Å²) in [4.78, 5) is 0. The van der Waals surface area contributed by atoms with Gasteiger partial charge >= 0.3 is 0 Å². The van der Waals surface area contributed by atoms with Crippen molar-refractivity contribution in [1.29, 1.82) is 0 Å². The second-order valence-electron chi connectivity index (χ2n) is 2.49. The maximum Gasteiger partial charge on any atom is 0.0354 e. The second kappa shape index (κ2) is 5.11. The molecule has 1 unspecified atom stereocenters. The third-order valence-electron chi connectivity index (χ3n) is 1.66. The van der Waals surface area contributed by atoms with E-state index in [0.717, 1.165) is 12.8 Å². The average molecular weight is 136 g/mol. The van der Waals surface area contributed by atoms with Crippen LogP contribution >= 0.6 is 0 Å². The Morgan fingerprint density at radius 1 is 1.50 bits per heavy atom. The molecule has 0 aromatic carbocycles. The summed E-state index contributed by atoms with van der Waals surface area (Å²) in [5.74, 6) is 2.99. The van der Waals surface area contributed by atoms with Crippen LogP contribution < -0.4 is 0 Å². The first-order valence-electron chi connectivity index (χ1n) is 3.90. The first kappa shape index (κ1) is 9.30. The van der Waals surface area contributed by atoms with Crippen molar-refractivity contribution in [3.05, 3.63) is 11.6 Å². The maximum atomic E-state index is 5.24. The van der Waals surface area contributed by atoms with Crippen molar-refractivity contribution >= 4 is 0 Å². The van der Waals surface area contributed by atoms with Crippen LogP contribution in [0.25, 0.3) is 0 Å². The molecule has 0 saturated heterocycles. The molecule has 1 atom stereocenters. The predicted octanol–water partition coefficient (Wildman–Crippen LogP) is 3.00. The van der Waals surface area contributed by atoms with Gasteiger partial charge in [0.2, 0.25) is 0 Å². The lowest BCUT2D eigenvalue weighted by Crippen LogP contribution is -1.86. The molecule has 10 heavy (non-hydrogen) atoms. The van der Waals surface area contributed by atoms with Crippen LogP contribution in [-0.4, -0.2) is 0 Å². The third-order valence-corrected chi connectivity index (χ3v) is 1.66. The highest BCUT2D eigenvalue weighted by atomic mass is 14.0. The summed E-state index contributed by atoms with van der Waals surface area (Å²) >= 11 is 0. The van der Waals surface area contributed by atoms with E-state index in [1.54, 1.807) is 0 Å². The highest BCUT2D eigenvalue weighted by Gasteiger charge is 1.93. The highest BCUT2D eigenvalue weighted by Crippen LogP contribution is 2.09. The summed E-state index contributed by atoms with van der Waals surface area (Å²) in [6.45, 7) is 6.38. The van der Waals surface area contributed by atoms with Crippen molar-refractivity contribution in [3.8, 4) is 12.3 Å². The minimum absolute atomic E-state index is 0.301. The van der Waals surface area contributed by atoms with Crippen LogP contribution in [0.3, 0.4) is 0 Å². The smallest absolute Gasteiger partial charge is 0.0354 e. The Morgan fingerprint density at radius 3 is 2.30 bits per heavy atom. The van der Waals surface area contributed by atoms with E-state index in [9.17, 15) is 0 Å². The monoisotopic (exact) mass is 136 g/mol.